The van der Waals surface area contributed by atoms with Gasteiger partial charge in [-0.2, -0.15) is 0 Å². The van der Waals surface area contributed by atoms with E-state index in [1.165, 1.54) is 16.0 Å². The molecule has 16 heavy (non-hydrogen) atoms. The van der Waals surface area contributed by atoms with Gasteiger partial charge in [-0.3, -0.25) is 0 Å². The number of benzene rings is 1. The summed E-state index contributed by atoms with van der Waals surface area (Å²) in [4.78, 5) is 1.37. The second-order valence-electron chi connectivity index (χ2n) is 4.28. The van der Waals surface area contributed by atoms with Crippen molar-refractivity contribution in [1.29, 1.82) is 0 Å². The van der Waals surface area contributed by atoms with Gasteiger partial charge in [0, 0.05) is 23.7 Å². The van der Waals surface area contributed by atoms with E-state index in [0.29, 0.717) is 6.10 Å². The average Bonchev–Trinajstić information content (AvgIpc) is 2.29. The fourth-order valence-corrected chi connectivity index (χ4v) is 2.90. The van der Waals surface area contributed by atoms with Crippen molar-refractivity contribution in [2.45, 2.75) is 24.8 Å². The van der Waals surface area contributed by atoms with Crippen LogP contribution >= 0.6 is 11.8 Å². The van der Waals surface area contributed by atoms with Crippen LogP contribution in [-0.2, 0) is 4.74 Å². The van der Waals surface area contributed by atoms with Gasteiger partial charge in [0.05, 0.1) is 12.7 Å². The van der Waals surface area contributed by atoms with Crippen LogP contribution in [0.15, 0.2) is 23.1 Å². The fraction of sp³-hybridized carbons (Fsp3) is 0.538. The van der Waals surface area contributed by atoms with Crippen LogP contribution in [0, 0.1) is 13.8 Å². The minimum atomic E-state index is 0.361. The zero-order chi connectivity index (χ0) is 11.4. The lowest BCUT2D eigenvalue weighted by molar-refractivity contribution is 0.0441. The molecule has 1 atom stereocenters. The van der Waals surface area contributed by atoms with Gasteiger partial charge >= 0.3 is 0 Å². The van der Waals surface area contributed by atoms with Crippen molar-refractivity contribution in [3.05, 3.63) is 29.3 Å². The van der Waals surface area contributed by atoms with Crippen LogP contribution in [0.4, 0.5) is 0 Å². The largest absolute Gasteiger partial charge is 0.375 e. The maximum atomic E-state index is 5.68. The molecule has 3 heteroatoms. The Hall–Kier alpha value is -0.510. The number of hydrogen-bond donors (Lipinski definition) is 1. The quantitative estimate of drug-likeness (QED) is 0.816. The van der Waals surface area contributed by atoms with Crippen molar-refractivity contribution in [1.82, 2.24) is 5.32 Å². The Morgan fingerprint density at radius 2 is 2.31 bits per heavy atom. The molecule has 1 unspecified atom stereocenters. The van der Waals surface area contributed by atoms with Crippen molar-refractivity contribution in [3.63, 3.8) is 0 Å². The van der Waals surface area contributed by atoms with Crippen molar-refractivity contribution in [2.75, 3.05) is 25.4 Å². The molecule has 1 heterocycles. The Morgan fingerprint density at radius 1 is 1.44 bits per heavy atom. The van der Waals surface area contributed by atoms with Crippen LogP contribution in [-0.4, -0.2) is 31.6 Å². The number of morpholine rings is 1. The molecular weight excluding hydrogens is 218 g/mol. The number of aryl methyl sites for hydroxylation is 2. The summed E-state index contributed by atoms with van der Waals surface area (Å²) in [6, 6.07) is 6.63. The number of rotatable bonds is 3. The SMILES string of the molecule is Cc1ccc(SCC2CNCCO2)c(C)c1. The summed E-state index contributed by atoms with van der Waals surface area (Å²) in [5.41, 5.74) is 2.70. The average molecular weight is 237 g/mol. The van der Waals surface area contributed by atoms with Crippen LogP contribution in [0.2, 0.25) is 0 Å². The predicted octanol–water partition coefficient (Wildman–Crippen LogP) is 2.38. The summed E-state index contributed by atoms with van der Waals surface area (Å²) >= 11 is 1.90. The zero-order valence-electron chi connectivity index (χ0n) is 9.95. The number of nitrogens with one attached hydrogen (secondary N) is 1. The van der Waals surface area contributed by atoms with Crippen LogP contribution in [0.25, 0.3) is 0 Å². The van der Waals surface area contributed by atoms with Gasteiger partial charge in [0.1, 0.15) is 0 Å². The van der Waals surface area contributed by atoms with Crippen molar-refractivity contribution in [3.8, 4) is 0 Å². The highest BCUT2D eigenvalue weighted by molar-refractivity contribution is 7.99. The molecule has 1 saturated heterocycles. The molecule has 88 valence electrons. The van der Waals surface area contributed by atoms with E-state index in [9.17, 15) is 0 Å². The standard InChI is InChI=1S/C13H19NOS/c1-10-3-4-13(11(2)7-10)16-9-12-8-14-5-6-15-12/h3-4,7,12,14H,5-6,8-9H2,1-2H3. The van der Waals surface area contributed by atoms with Gasteiger partial charge in [-0.25, -0.2) is 0 Å². The molecule has 2 nitrogen and oxygen atoms in total. The van der Waals surface area contributed by atoms with E-state index in [1.807, 2.05) is 11.8 Å². The van der Waals surface area contributed by atoms with Gasteiger partial charge in [0.2, 0.25) is 0 Å². The Morgan fingerprint density at radius 3 is 3.00 bits per heavy atom. The monoisotopic (exact) mass is 237 g/mol. The third-order valence-corrected chi connectivity index (χ3v) is 4.07. The molecule has 0 bridgehead atoms. The second-order valence-corrected chi connectivity index (χ2v) is 5.34. The number of hydrogen-bond acceptors (Lipinski definition) is 3. The first-order valence-corrected chi connectivity index (χ1v) is 6.76. The normalized spacial score (nSPS) is 21.0. The van der Waals surface area contributed by atoms with Gasteiger partial charge in [0.15, 0.2) is 0 Å². The minimum Gasteiger partial charge on any atom is -0.375 e. The molecule has 0 spiro atoms. The van der Waals surface area contributed by atoms with E-state index in [0.717, 1.165) is 25.4 Å². The molecule has 1 N–H and O–H groups in total. The highest BCUT2D eigenvalue weighted by Gasteiger charge is 2.13. The number of ether oxygens (including phenoxy) is 1. The summed E-state index contributed by atoms with van der Waals surface area (Å²) in [5, 5.41) is 3.36. The van der Waals surface area contributed by atoms with E-state index in [2.05, 4.69) is 37.4 Å². The van der Waals surface area contributed by atoms with E-state index in [-0.39, 0.29) is 0 Å². The van der Waals surface area contributed by atoms with Gasteiger partial charge in [0.25, 0.3) is 0 Å². The molecule has 1 aromatic rings. The highest BCUT2D eigenvalue weighted by Crippen LogP contribution is 2.24. The van der Waals surface area contributed by atoms with Gasteiger partial charge in [-0.15, -0.1) is 11.8 Å². The smallest absolute Gasteiger partial charge is 0.0793 e. The van der Waals surface area contributed by atoms with Crippen molar-refractivity contribution < 1.29 is 4.74 Å². The third-order valence-electron chi connectivity index (χ3n) is 2.76. The predicted molar refractivity (Wildman–Crippen MR) is 69.2 cm³/mol. The lowest BCUT2D eigenvalue weighted by Gasteiger charge is -2.23. The minimum absolute atomic E-state index is 0.361. The van der Waals surface area contributed by atoms with Crippen LogP contribution in [0.1, 0.15) is 11.1 Å². The Balaban J connectivity index is 1.88. The van der Waals surface area contributed by atoms with Gasteiger partial charge in [-0.1, -0.05) is 17.7 Å². The number of thioether (sulfide) groups is 1. The molecule has 0 amide bonds. The zero-order valence-corrected chi connectivity index (χ0v) is 10.8. The first kappa shape index (κ1) is 12.0. The Bertz CT molecular complexity index is 348. The molecule has 0 aliphatic carbocycles. The van der Waals surface area contributed by atoms with Gasteiger partial charge < -0.3 is 10.1 Å². The maximum absolute atomic E-state index is 5.68. The highest BCUT2D eigenvalue weighted by atomic mass is 32.2. The molecule has 2 rings (SSSR count). The molecular formula is C13H19NOS. The van der Waals surface area contributed by atoms with E-state index in [4.69, 9.17) is 4.74 Å². The third kappa shape index (κ3) is 3.24. The summed E-state index contributed by atoms with van der Waals surface area (Å²) < 4.78 is 5.68. The summed E-state index contributed by atoms with van der Waals surface area (Å²) in [6.07, 6.45) is 0.361. The molecule has 1 aliphatic heterocycles. The second kappa shape index (κ2) is 5.71. The summed E-state index contributed by atoms with van der Waals surface area (Å²) in [7, 11) is 0. The van der Waals surface area contributed by atoms with Crippen molar-refractivity contribution in [2.24, 2.45) is 0 Å². The lowest BCUT2D eigenvalue weighted by atomic mass is 10.2. The topological polar surface area (TPSA) is 21.3 Å². The maximum Gasteiger partial charge on any atom is 0.0793 e. The Labute approximate surface area is 102 Å². The Kier molecular flexibility index (Phi) is 4.27. The van der Waals surface area contributed by atoms with Crippen molar-refractivity contribution >= 4 is 11.8 Å². The molecule has 1 fully saturated rings. The fourth-order valence-electron chi connectivity index (χ4n) is 1.87. The lowest BCUT2D eigenvalue weighted by Crippen LogP contribution is -2.39. The first-order chi connectivity index (χ1) is 7.75. The molecule has 0 radical (unpaired) electrons. The van der Waals surface area contributed by atoms with E-state index in [1.54, 1.807) is 0 Å². The first-order valence-electron chi connectivity index (χ1n) is 5.78. The molecule has 0 saturated carbocycles. The van der Waals surface area contributed by atoms with Crippen LogP contribution < -0.4 is 5.32 Å². The van der Waals surface area contributed by atoms with E-state index < -0.39 is 0 Å². The summed E-state index contributed by atoms with van der Waals surface area (Å²) in [6.45, 7) is 7.13. The van der Waals surface area contributed by atoms with Crippen LogP contribution in [0.5, 0.6) is 0 Å². The van der Waals surface area contributed by atoms with E-state index >= 15 is 0 Å². The molecule has 0 aromatic heterocycles. The van der Waals surface area contributed by atoms with Crippen LogP contribution in [0.3, 0.4) is 0 Å². The summed E-state index contributed by atoms with van der Waals surface area (Å²) in [5.74, 6) is 1.04. The molecule has 1 aliphatic rings. The van der Waals surface area contributed by atoms with Gasteiger partial charge in [-0.05, 0) is 25.5 Å². The molecule has 1 aromatic carbocycles.